The number of hydrogen-bond acceptors (Lipinski definition) is 4. The highest BCUT2D eigenvalue weighted by atomic mass is 32.2. The minimum atomic E-state index is 0.827. The van der Waals surface area contributed by atoms with Crippen molar-refractivity contribution in [2.45, 2.75) is 13.3 Å². The van der Waals surface area contributed by atoms with Crippen molar-refractivity contribution < 1.29 is 4.74 Å². The number of ether oxygens (including phenoxy) is 1. The first-order chi connectivity index (χ1) is 9.26. The number of thioether (sulfide) groups is 1. The van der Waals surface area contributed by atoms with Gasteiger partial charge in [-0.3, -0.25) is 0 Å². The molecule has 0 aliphatic rings. The van der Waals surface area contributed by atoms with Gasteiger partial charge in [0.15, 0.2) is 0 Å². The first-order valence-corrected chi connectivity index (χ1v) is 7.83. The van der Waals surface area contributed by atoms with E-state index < -0.39 is 0 Å². The molecule has 0 aliphatic carbocycles. The van der Waals surface area contributed by atoms with Crippen molar-refractivity contribution in [2.75, 3.05) is 31.0 Å². The lowest BCUT2D eigenvalue weighted by atomic mass is 10.1. The van der Waals surface area contributed by atoms with Gasteiger partial charge in [-0.1, -0.05) is 12.1 Å². The highest BCUT2D eigenvalue weighted by molar-refractivity contribution is 7.98. The summed E-state index contributed by atoms with van der Waals surface area (Å²) in [5, 5.41) is 4.63. The third-order valence-electron chi connectivity index (χ3n) is 2.99. The number of anilines is 1. The molecule has 0 amide bonds. The van der Waals surface area contributed by atoms with Gasteiger partial charge in [-0.15, -0.1) is 0 Å². The van der Waals surface area contributed by atoms with Crippen LogP contribution in [0.1, 0.15) is 12.1 Å². The topological polar surface area (TPSA) is 34.1 Å². The Bertz CT molecular complexity index is 557. The van der Waals surface area contributed by atoms with E-state index >= 15 is 0 Å². The molecule has 0 aliphatic heterocycles. The molecule has 19 heavy (non-hydrogen) atoms. The monoisotopic (exact) mass is 276 g/mol. The highest BCUT2D eigenvalue weighted by Gasteiger charge is 2.07. The standard InChI is InChI=1S/C15H20N2OS/c1-11-10-13(16-8-5-9-19-3)12-6-4-7-14(18-2)15(12)17-11/h4,6-7,10H,5,8-9H2,1-3H3,(H,16,17). The second-order valence-electron chi connectivity index (χ2n) is 4.44. The van der Waals surface area contributed by atoms with Gasteiger partial charge in [0, 0.05) is 23.3 Å². The van der Waals surface area contributed by atoms with Gasteiger partial charge in [-0.25, -0.2) is 4.98 Å². The second-order valence-corrected chi connectivity index (χ2v) is 5.43. The van der Waals surface area contributed by atoms with Gasteiger partial charge >= 0.3 is 0 Å². The third-order valence-corrected chi connectivity index (χ3v) is 3.69. The van der Waals surface area contributed by atoms with Crippen molar-refractivity contribution in [2.24, 2.45) is 0 Å². The molecule has 2 rings (SSSR count). The van der Waals surface area contributed by atoms with Gasteiger partial charge in [0.25, 0.3) is 0 Å². The minimum absolute atomic E-state index is 0.827. The first kappa shape index (κ1) is 14.0. The number of aromatic nitrogens is 1. The lowest BCUT2D eigenvalue weighted by molar-refractivity contribution is 0.419. The molecule has 0 unspecified atom stereocenters. The summed E-state index contributed by atoms with van der Waals surface area (Å²) in [6.07, 6.45) is 3.30. The van der Waals surface area contributed by atoms with Crippen LogP contribution in [0.2, 0.25) is 0 Å². The van der Waals surface area contributed by atoms with Crippen molar-refractivity contribution >= 4 is 28.4 Å². The summed E-state index contributed by atoms with van der Waals surface area (Å²) in [4.78, 5) is 4.58. The Morgan fingerprint density at radius 3 is 2.95 bits per heavy atom. The van der Waals surface area contributed by atoms with Gasteiger partial charge in [-0.2, -0.15) is 11.8 Å². The zero-order chi connectivity index (χ0) is 13.7. The average Bonchev–Trinajstić information content (AvgIpc) is 2.42. The van der Waals surface area contributed by atoms with Crippen molar-refractivity contribution in [3.63, 3.8) is 0 Å². The van der Waals surface area contributed by atoms with Crippen LogP contribution in [0.4, 0.5) is 5.69 Å². The number of hydrogen-bond donors (Lipinski definition) is 1. The first-order valence-electron chi connectivity index (χ1n) is 6.43. The zero-order valence-corrected chi connectivity index (χ0v) is 12.5. The molecule has 1 heterocycles. The van der Waals surface area contributed by atoms with Crippen LogP contribution in [0.15, 0.2) is 24.3 Å². The lowest BCUT2D eigenvalue weighted by Crippen LogP contribution is -2.04. The third kappa shape index (κ3) is 3.32. The van der Waals surface area contributed by atoms with Gasteiger partial charge in [0.05, 0.1) is 7.11 Å². The molecule has 2 aromatic rings. The summed E-state index contributed by atoms with van der Waals surface area (Å²) >= 11 is 1.88. The van der Waals surface area contributed by atoms with Crippen molar-refractivity contribution in [3.05, 3.63) is 30.0 Å². The van der Waals surface area contributed by atoms with E-state index in [1.165, 1.54) is 5.75 Å². The molecular formula is C15H20N2OS. The number of benzene rings is 1. The quantitative estimate of drug-likeness (QED) is 0.815. The molecule has 0 saturated carbocycles. The fraction of sp³-hybridized carbons (Fsp3) is 0.400. The van der Waals surface area contributed by atoms with Crippen molar-refractivity contribution in [3.8, 4) is 5.75 Å². The smallest absolute Gasteiger partial charge is 0.145 e. The highest BCUT2D eigenvalue weighted by Crippen LogP contribution is 2.29. The molecule has 1 aromatic heterocycles. The molecule has 1 N–H and O–H groups in total. The van der Waals surface area contributed by atoms with Gasteiger partial charge in [-0.05, 0) is 37.5 Å². The molecular weight excluding hydrogens is 256 g/mol. The summed E-state index contributed by atoms with van der Waals surface area (Å²) in [5.41, 5.74) is 3.07. The molecule has 0 bridgehead atoms. The van der Waals surface area contributed by atoms with Crippen LogP contribution in [0.3, 0.4) is 0 Å². The van der Waals surface area contributed by atoms with Crippen molar-refractivity contribution in [1.82, 2.24) is 4.98 Å². The maximum absolute atomic E-state index is 5.39. The van der Waals surface area contributed by atoms with Crippen LogP contribution in [-0.2, 0) is 0 Å². The summed E-state index contributed by atoms with van der Waals surface area (Å²) in [7, 11) is 1.68. The number of para-hydroxylation sites is 1. The molecule has 0 fully saturated rings. The predicted octanol–water partition coefficient (Wildman–Crippen LogP) is 3.72. The summed E-state index contributed by atoms with van der Waals surface area (Å²) in [6, 6.07) is 8.14. The SMILES string of the molecule is COc1cccc2c(NCCCSC)cc(C)nc12. The number of aryl methyl sites for hydroxylation is 1. The average molecular weight is 276 g/mol. The summed E-state index contributed by atoms with van der Waals surface area (Å²) in [5.74, 6) is 2.01. The molecule has 0 saturated heterocycles. The Morgan fingerprint density at radius 2 is 2.21 bits per heavy atom. The normalized spacial score (nSPS) is 10.7. The molecule has 4 heteroatoms. The summed E-state index contributed by atoms with van der Waals surface area (Å²) < 4.78 is 5.39. The Hall–Kier alpha value is -1.42. The van der Waals surface area contributed by atoms with Crippen molar-refractivity contribution in [1.29, 1.82) is 0 Å². The van der Waals surface area contributed by atoms with E-state index in [1.807, 2.05) is 30.8 Å². The van der Waals surface area contributed by atoms with Crippen LogP contribution < -0.4 is 10.1 Å². The predicted molar refractivity (Wildman–Crippen MR) is 84.5 cm³/mol. The Morgan fingerprint density at radius 1 is 1.37 bits per heavy atom. The van der Waals surface area contributed by atoms with E-state index in [1.54, 1.807) is 7.11 Å². The van der Waals surface area contributed by atoms with E-state index in [0.717, 1.165) is 41.0 Å². The largest absolute Gasteiger partial charge is 0.494 e. The number of nitrogens with one attached hydrogen (secondary N) is 1. The minimum Gasteiger partial charge on any atom is -0.494 e. The number of rotatable bonds is 6. The van der Waals surface area contributed by atoms with E-state index in [2.05, 4.69) is 28.7 Å². The maximum Gasteiger partial charge on any atom is 0.145 e. The van der Waals surface area contributed by atoms with E-state index in [9.17, 15) is 0 Å². The fourth-order valence-corrected chi connectivity index (χ4v) is 2.53. The van der Waals surface area contributed by atoms with Crippen LogP contribution in [0, 0.1) is 6.92 Å². The van der Waals surface area contributed by atoms with Crippen LogP contribution in [0.25, 0.3) is 10.9 Å². The molecule has 3 nitrogen and oxygen atoms in total. The Labute approximate surface area is 118 Å². The number of methoxy groups -OCH3 is 1. The van der Waals surface area contributed by atoms with Crippen LogP contribution in [-0.4, -0.2) is 30.6 Å². The Kier molecular flexibility index (Phi) is 4.91. The van der Waals surface area contributed by atoms with E-state index in [-0.39, 0.29) is 0 Å². The summed E-state index contributed by atoms with van der Waals surface area (Å²) in [6.45, 7) is 3.00. The molecule has 0 spiro atoms. The zero-order valence-electron chi connectivity index (χ0n) is 11.7. The van der Waals surface area contributed by atoms with Crippen LogP contribution in [0.5, 0.6) is 5.75 Å². The maximum atomic E-state index is 5.39. The van der Waals surface area contributed by atoms with E-state index in [4.69, 9.17) is 4.74 Å². The number of fused-ring (bicyclic) bond motifs is 1. The van der Waals surface area contributed by atoms with E-state index in [0.29, 0.717) is 0 Å². The molecule has 1 aromatic carbocycles. The Balaban J connectivity index is 2.32. The lowest BCUT2D eigenvalue weighted by Gasteiger charge is -2.12. The second kappa shape index (κ2) is 6.66. The van der Waals surface area contributed by atoms with Gasteiger partial charge in [0.2, 0.25) is 0 Å². The molecule has 102 valence electrons. The number of pyridine rings is 1. The van der Waals surface area contributed by atoms with Gasteiger partial charge < -0.3 is 10.1 Å². The van der Waals surface area contributed by atoms with Crippen LogP contribution >= 0.6 is 11.8 Å². The fourth-order valence-electron chi connectivity index (χ4n) is 2.10. The molecule has 0 radical (unpaired) electrons. The number of nitrogens with zero attached hydrogens (tertiary/aromatic N) is 1. The van der Waals surface area contributed by atoms with Gasteiger partial charge in [0.1, 0.15) is 11.3 Å². The molecule has 0 atom stereocenters.